The van der Waals surface area contributed by atoms with Crippen LogP contribution in [0.3, 0.4) is 0 Å². The molecule has 0 heterocycles. The number of nitrogens with zero attached hydrogens (tertiary/aromatic N) is 1. The summed E-state index contributed by atoms with van der Waals surface area (Å²) in [7, 11) is 0. The molecule has 29 heavy (non-hydrogen) atoms. The lowest BCUT2D eigenvalue weighted by Crippen LogP contribution is -2.22. The number of unbranched alkanes of at least 4 members (excludes halogenated alkanes) is 3. The Balaban J connectivity index is 2.13. The van der Waals surface area contributed by atoms with Gasteiger partial charge >= 0.3 is 0 Å². The average Bonchev–Trinajstić information content (AvgIpc) is 2.70. The van der Waals surface area contributed by atoms with Gasteiger partial charge < -0.3 is 20.9 Å². The average molecular weight is 399 g/mol. The molecule has 0 amide bonds. The Kier molecular flexibility index (Phi) is 9.09. The first kappa shape index (κ1) is 22.8. The second-order valence-corrected chi connectivity index (χ2v) is 7.37. The summed E-state index contributed by atoms with van der Waals surface area (Å²) < 4.78 is 5.84. The van der Waals surface area contributed by atoms with E-state index in [4.69, 9.17) is 21.0 Å². The van der Waals surface area contributed by atoms with Crippen molar-refractivity contribution in [3.05, 3.63) is 52.9 Å². The lowest BCUT2D eigenvalue weighted by Gasteiger charge is -2.17. The van der Waals surface area contributed by atoms with Gasteiger partial charge in [-0.2, -0.15) is 0 Å². The van der Waals surface area contributed by atoms with Crippen LogP contribution in [-0.2, 0) is 4.74 Å². The highest BCUT2D eigenvalue weighted by atomic mass is 16.5. The third-order valence-electron chi connectivity index (χ3n) is 4.91. The van der Waals surface area contributed by atoms with Crippen molar-refractivity contribution in [2.75, 3.05) is 19.8 Å². The minimum absolute atomic E-state index is 0.114. The maximum Gasteiger partial charge on any atom is 0.144 e. The van der Waals surface area contributed by atoms with Gasteiger partial charge in [-0.05, 0) is 43.5 Å². The SMILES string of the molecule is CCCCCCOC1=CC(=Nc2ccc(C(C)NCCO)cc2C)C(=N)C=C1N. The number of hydrogen-bond donors (Lipinski definition) is 4. The number of nitrogens with two attached hydrogens (primary N) is 1. The summed E-state index contributed by atoms with van der Waals surface area (Å²) >= 11 is 0. The first-order valence-corrected chi connectivity index (χ1v) is 10.4. The van der Waals surface area contributed by atoms with Crippen molar-refractivity contribution in [2.45, 2.75) is 52.5 Å². The second kappa shape index (κ2) is 11.5. The third kappa shape index (κ3) is 6.84. The van der Waals surface area contributed by atoms with Gasteiger partial charge in [-0.15, -0.1) is 0 Å². The number of aliphatic imine (C=N–C) groups is 1. The zero-order valence-electron chi connectivity index (χ0n) is 17.8. The maximum atomic E-state index is 8.97. The molecule has 5 N–H and O–H groups in total. The lowest BCUT2D eigenvalue weighted by molar-refractivity contribution is 0.212. The first-order chi connectivity index (χ1) is 14.0. The van der Waals surface area contributed by atoms with Crippen molar-refractivity contribution >= 4 is 17.1 Å². The molecule has 0 aromatic heterocycles. The van der Waals surface area contributed by atoms with Crippen LogP contribution in [0.15, 0.2) is 46.8 Å². The predicted molar refractivity (Wildman–Crippen MR) is 120 cm³/mol. The molecule has 1 aliphatic rings. The van der Waals surface area contributed by atoms with Gasteiger partial charge in [0.15, 0.2) is 0 Å². The normalized spacial score (nSPS) is 16.6. The molecule has 1 aromatic carbocycles. The number of ether oxygens (including phenoxy) is 1. The van der Waals surface area contributed by atoms with Crippen LogP contribution in [0.4, 0.5) is 5.69 Å². The zero-order chi connectivity index (χ0) is 21.2. The van der Waals surface area contributed by atoms with Crippen LogP contribution in [-0.4, -0.2) is 36.3 Å². The zero-order valence-corrected chi connectivity index (χ0v) is 17.8. The van der Waals surface area contributed by atoms with Gasteiger partial charge in [0.1, 0.15) is 5.76 Å². The van der Waals surface area contributed by atoms with E-state index in [2.05, 4.69) is 30.2 Å². The van der Waals surface area contributed by atoms with Crippen molar-refractivity contribution in [1.82, 2.24) is 5.32 Å². The highest BCUT2D eigenvalue weighted by molar-refractivity contribution is 6.50. The monoisotopic (exact) mass is 398 g/mol. The molecule has 6 nitrogen and oxygen atoms in total. The van der Waals surface area contributed by atoms with Gasteiger partial charge in [-0.1, -0.05) is 38.3 Å². The van der Waals surface area contributed by atoms with Gasteiger partial charge in [0.2, 0.25) is 0 Å². The Bertz CT molecular complexity index is 796. The van der Waals surface area contributed by atoms with Crippen LogP contribution in [0.5, 0.6) is 0 Å². The number of aryl methyl sites for hydroxylation is 1. The van der Waals surface area contributed by atoms with Gasteiger partial charge in [0.05, 0.1) is 36.0 Å². The van der Waals surface area contributed by atoms with Crippen LogP contribution in [0.2, 0.25) is 0 Å². The summed E-state index contributed by atoms with van der Waals surface area (Å²) in [5.41, 5.74) is 10.3. The predicted octanol–water partition coefficient (Wildman–Crippen LogP) is 4.07. The Morgan fingerprint density at radius 3 is 2.72 bits per heavy atom. The Labute approximate surface area is 174 Å². The quantitative estimate of drug-likeness (QED) is 0.333. The van der Waals surface area contributed by atoms with E-state index in [1.165, 1.54) is 12.8 Å². The second-order valence-electron chi connectivity index (χ2n) is 7.37. The molecule has 0 aliphatic heterocycles. The first-order valence-electron chi connectivity index (χ1n) is 10.4. The van der Waals surface area contributed by atoms with E-state index in [9.17, 15) is 0 Å². The van der Waals surface area contributed by atoms with Crippen LogP contribution in [0.1, 0.15) is 56.7 Å². The number of aliphatic hydroxyl groups is 1. The van der Waals surface area contributed by atoms with E-state index in [1.54, 1.807) is 12.2 Å². The molecule has 0 saturated heterocycles. The maximum absolute atomic E-state index is 8.97. The van der Waals surface area contributed by atoms with Gasteiger partial charge in [0, 0.05) is 18.7 Å². The molecule has 0 fully saturated rings. The molecular formula is C23H34N4O2. The topological polar surface area (TPSA) is 104 Å². The van der Waals surface area contributed by atoms with Crippen LogP contribution in [0, 0.1) is 12.3 Å². The molecule has 2 rings (SSSR count). The van der Waals surface area contributed by atoms with E-state index in [1.807, 2.05) is 19.1 Å². The molecule has 1 aromatic rings. The number of benzene rings is 1. The molecule has 6 heteroatoms. The van der Waals surface area contributed by atoms with Crippen molar-refractivity contribution in [3.8, 4) is 0 Å². The van der Waals surface area contributed by atoms with Crippen LogP contribution in [0.25, 0.3) is 0 Å². The molecule has 0 spiro atoms. The minimum Gasteiger partial charge on any atom is -0.491 e. The lowest BCUT2D eigenvalue weighted by atomic mass is 10.0. The summed E-state index contributed by atoms with van der Waals surface area (Å²) in [5, 5.41) is 20.4. The molecule has 1 atom stereocenters. The van der Waals surface area contributed by atoms with E-state index in [-0.39, 0.29) is 18.4 Å². The molecule has 1 unspecified atom stereocenters. The number of allylic oxidation sites excluding steroid dienone is 2. The van der Waals surface area contributed by atoms with Gasteiger partial charge in [-0.25, -0.2) is 4.99 Å². The molecule has 1 aliphatic carbocycles. The summed E-state index contributed by atoms with van der Waals surface area (Å²) in [5.74, 6) is 0.590. The van der Waals surface area contributed by atoms with Crippen molar-refractivity contribution < 1.29 is 9.84 Å². The number of aliphatic hydroxyl groups excluding tert-OH is 1. The van der Waals surface area contributed by atoms with Crippen molar-refractivity contribution in [3.63, 3.8) is 0 Å². The van der Waals surface area contributed by atoms with E-state index in [0.717, 1.165) is 29.7 Å². The summed E-state index contributed by atoms with van der Waals surface area (Å²) in [4.78, 5) is 4.68. The van der Waals surface area contributed by atoms with E-state index < -0.39 is 0 Å². The minimum atomic E-state index is 0.114. The Morgan fingerprint density at radius 1 is 1.24 bits per heavy atom. The highest BCUT2D eigenvalue weighted by Crippen LogP contribution is 2.25. The van der Waals surface area contributed by atoms with E-state index >= 15 is 0 Å². The summed E-state index contributed by atoms with van der Waals surface area (Å²) in [6.45, 7) is 7.54. The molecule has 0 bridgehead atoms. The smallest absolute Gasteiger partial charge is 0.144 e. The van der Waals surface area contributed by atoms with Gasteiger partial charge in [-0.3, -0.25) is 5.41 Å². The van der Waals surface area contributed by atoms with Gasteiger partial charge in [0.25, 0.3) is 0 Å². The molecule has 158 valence electrons. The third-order valence-corrected chi connectivity index (χ3v) is 4.91. The van der Waals surface area contributed by atoms with Crippen LogP contribution >= 0.6 is 0 Å². The fraction of sp³-hybridized carbons (Fsp3) is 0.478. The Morgan fingerprint density at radius 2 is 2.03 bits per heavy atom. The number of hydrogen-bond acceptors (Lipinski definition) is 6. The molecular weight excluding hydrogens is 364 g/mol. The van der Waals surface area contributed by atoms with Crippen molar-refractivity contribution in [2.24, 2.45) is 10.7 Å². The largest absolute Gasteiger partial charge is 0.491 e. The fourth-order valence-corrected chi connectivity index (χ4v) is 3.12. The highest BCUT2D eigenvalue weighted by Gasteiger charge is 2.16. The number of rotatable bonds is 11. The molecule has 0 radical (unpaired) electrons. The summed E-state index contributed by atoms with van der Waals surface area (Å²) in [6, 6.07) is 6.21. The van der Waals surface area contributed by atoms with E-state index in [0.29, 0.717) is 30.3 Å². The van der Waals surface area contributed by atoms with Crippen molar-refractivity contribution in [1.29, 1.82) is 5.41 Å². The van der Waals surface area contributed by atoms with Crippen LogP contribution < -0.4 is 11.1 Å². The fourth-order valence-electron chi connectivity index (χ4n) is 3.12. The standard InChI is InChI=1S/C23H34N4O2/c1-4-5-6-7-12-29-23-15-22(19(24)14-20(23)25)27-21-9-8-18(13-16(21)2)17(3)26-10-11-28/h8-9,13-15,17,24,26,28H,4-7,10-12,25H2,1-3H3. The number of nitrogens with one attached hydrogen (secondary N) is 2. The summed E-state index contributed by atoms with van der Waals surface area (Å²) in [6.07, 6.45) is 7.88. The molecule has 0 saturated carbocycles. The Hall–Kier alpha value is -2.44.